The molecule has 0 saturated carbocycles. The van der Waals surface area contributed by atoms with E-state index in [1.54, 1.807) is 0 Å². The molecule has 6 heteroatoms. The van der Waals surface area contributed by atoms with Gasteiger partial charge in [-0.3, -0.25) is 4.79 Å². The number of hydrogen-bond donors (Lipinski definition) is 3. The second kappa shape index (κ2) is 7.22. The van der Waals surface area contributed by atoms with Crippen molar-refractivity contribution in [3.8, 4) is 0 Å². The van der Waals surface area contributed by atoms with Gasteiger partial charge in [-0.25, -0.2) is 5.90 Å². The van der Waals surface area contributed by atoms with Crippen LogP contribution in [0.15, 0.2) is 21.6 Å². The van der Waals surface area contributed by atoms with E-state index in [4.69, 9.17) is 5.21 Å². The lowest BCUT2D eigenvalue weighted by Crippen LogP contribution is -1.91. The molecule has 1 aromatic heterocycles. The van der Waals surface area contributed by atoms with E-state index in [0.717, 1.165) is 0 Å². The van der Waals surface area contributed by atoms with Crippen LogP contribution in [0.3, 0.4) is 0 Å². The summed E-state index contributed by atoms with van der Waals surface area (Å²) < 4.78 is 4.28. The minimum atomic E-state index is -0.199. The van der Waals surface area contributed by atoms with Crippen molar-refractivity contribution in [3.63, 3.8) is 0 Å². The smallest absolute Gasteiger partial charge is 0.279 e. The topological polar surface area (TPSA) is 92.2 Å². The van der Waals surface area contributed by atoms with E-state index in [0.29, 0.717) is 0 Å². The number of aromatic nitrogens is 1. The van der Waals surface area contributed by atoms with Gasteiger partial charge in [0.1, 0.15) is 6.26 Å². The van der Waals surface area contributed by atoms with Gasteiger partial charge < -0.3 is 9.73 Å². The molecule has 0 amide bonds. The summed E-state index contributed by atoms with van der Waals surface area (Å²) in [4.78, 5) is 9.92. The molecule has 5 nitrogen and oxygen atoms in total. The zero-order valence-corrected chi connectivity index (χ0v) is 5.22. The summed E-state index contributed by atoms with van der Waals surface area (Å²) in [5, 5.41) is 8.57. The molecule has 1 rings (SSSR count). The first kappa shape index (κ1) is 11.1. The molecule has 9 heavy (non-hydrogen) atoms. The summed E-state index contributed by atoms with van der Waals surface area (Å²) in [5.41, 5.74) is -0.199. The SMILES string of the molecule is Cl.NO.O=c1cco[nH]1. The van der Waals surface area contributed by atoms with E-state index < -0.39 is 0 Å². The van der Waals surface area contributed by atoms with Crippen molar-refractivity contribution < 1.29 is 9.73 Å². The van der Waals surface area contributed by atoms with E-state index in [2.05, 4.69) is 15.6 Å². The molecule has 0 aliphatic carbocycles. The zero-order chi connectivity index (χ0) is 6.41. The number of nitrogens with two attached hydrogens (primary N) is 1. The number of aromatic amines is 1. The van der Waals surface area contributed by atoms with Gasteiger partial charge >= 0.3 is 0 Å². The Bertz CT molecular complexity index is 155. The van der Waals surface area contributed by atoms with Gasteiger partial charge in [0, 0.05) is 6.07 Å². The first-order valence-electron chi connectivity index (χ1n) is 1.77. The van der Waals surface area contributed by atoms with Crippen molar-refractivity contribution in [2.75, 3.05) is 0 Å². The number of rotatable bonds is 0. The largest absolute Gasteiger partial charge is 0.387 e. The van der Waals surface area contributed by atoms with Crippen LogP contribution in [-0.4, -0.2) is 10.4 Å². The predicted molar refractivity (Wildman–Crippen MR) is 32.6 cm³/mol. The molecule has 4 N–H and O–H groups in total. The van der Waals surface area contributed by atoms with Crippen LogP contribution >= 0.6 is 12.4 Å². The van der Waals surface area contributed by atoms with Gasteiger partial charge in [0.2, 0.25) is 0 Å². The summed E-state index contributed by atoms with van der Waals surface area (Å²) in [7, 11) is 0. The van der Waals surface area contributed by atoms with Gasteiger partial charge in [0.15, 0.2) is 0 Å². The third kappa shape index (κ3) is 5.09. The van der Waals surface area contributed by atoms with Crippen molar-refractivity contribution in [1.29, 1.82) is 0 Å². The number of halogens is 1. The predicted octanol–water partition coefficient (Wildman–Crippen LogP) is -0.276. The van der Waals surface area contributed by atoms with E-state index in [-0.39, 0.29) is 18.0 Å². The first-order chi connectivity index (χ1) is 3.89. The molecule has 0 aliphatic rings. The third-order valence-electron chi connectivity index (χ3n) is 0.447. The molecule has 0 saturated heterocycles. The molecule has 0 unspecified atom stereocenters. The molecule has 0 fully saturated rings. The lowest BCUT2D eigenvalue weighted by molar-refractivity contribution is 0.311. The Morgan fingerprint density at radius 1 is 1.67 bits per heavy atom. The Morgan fingerprint density at radius 2 is 2.22 bits per heavy atom. The Hall–Kier alpha value is -0.780. The Kier molecular flexibility index (Phi) is 8.89. The van der Waals surface area contributed by atoms with Crippen molar-refractivity contribution in [3.05, 3.63) is 22.7 Å². The summed E-state index contributed by atoms with van der Waals surface area (Å²) >= 11 is 0. The average Bonchev–Trinajstić information content (AvgIpc) is 2.24. The second-order valence-electron chi connectivity index (χ2n) is 0.887. The van der Waals surface area contributed by atoms with Crippen molar-refractivity contribution in [1.82, 2.24) is 5.16 Å². The average molecular weight is 155 g/mol. The van der Waals surface area contributed by atoms with Crippen LogP contribution in [0, 0.1) is 0 Å². The van der Waals surface area contributed by atoms with Crippen molar-refractivity contribution in [2.24, 2.45) is 5.90 Å². The fourth-order valence-electron chi connectivity index (χ4n) is 0.222. The van der Waals surface area contributed by atoms with Crippen molar-refractivity contribution >= 4 is 12.4 Å². The minimum Gasteiger partial charge on any atom is -0.387 e. The van der Waals surface area contributed by atoms with Crippen LogP contribution in [0.2, 0.25) is 0 Å². The number of hydrogen-bond acceptors (Lipinski definition) is 4. The number of H-pyrrole nitrogens is 1. The Balaban J connectivity index is 0. The minimum absolute atomic E-state index is 0. The Labute approximate surface area is 56.8 Å². The van der Waals surface area contributed by atoms with Crippen LogP contribution < -0.4 is 11.5 Å². The standard InChI is InChI=1S/C3H3NO2.ClH.H3NO/c5-3-1-2-6-4-3;;1-2/h1-2H,(H,4,5);1H;2H,1H2. The zero-order valence-electron chi connectivity index (χ0n) is 4.40. The maximum atomic E-state index is 9.92. The molecule has 0 aromatic carbocycles. The maximum Gasteiger partial charge on any atom is 0.279 e. The van der Waals surface area contributed by atoms with Gasteiger partial charge in [-0.1, -0.05) is 0 Å². The van der Waals surface area contributed by atoms with Crippen LogP contribution in [-0.2, 0) is 0 Å². The fourth-order valence-corrected chi connectivity index (χ4v) is 0.222. The van der Waals surface area contributed by atoms with Crippen molar-refractivity contribution in [2.45, 2.75) is 0 Å². The molecular formula is C3H7ClN2O3. The van der Waals surface area contributed by atoms with Gasteiger partial charge in [0.05, 0.1) is 0 Å². The lowest BCUT2D eigenvalue weighted by Gasteiger charge is -1.54. The highest BCUT2D eigenvalue weighted by Gasteiger charge is 1.73. The highest BCUT2D eigenvalue weighted by molar-refractivity contribution is 5.85. The lowest BCUT2D eigenvalue weighted by atomic mass is 10.8. The maximum absolute atomic E-state index is 9.92. The summed E-state index contributed by atoms with van der Waals surface area (Å²) in [6, 6.07) is 1.31. The summed E-state index contributed by atoms with van der Waals surface area (Å²) in [6.45, 7) is 0. The third-order valence-corrected chi connectivity index (χ3v) is 0.447. The van der Waals surface area contributed by atoms with E-state index >= 15 is 0 Å². The monoisotopic (exact) mass is 154 g/mol. The molecule has 0 spiro atoms. The normalized spacial score (nSPS) is 6.44. The highest BCUT2D eigenvalue weighted by atomic mass is 35.5. The van der Waals surface area contributed by atoms with Gasteiger partial charge in [-0.2, -0.15) is 5.16 Å². The molecule has 0 radical (unpaired) electrons. The number of nitrogens with one attached hydrogen (secondary N) is 1. The molecule has 0 aliphatic heterocycles. The fraction of sp³-hybridized carbons (Fsp3) is 0. The first-order valence-corrected chi connectivity index (χ1v) is 1.77. The molecule has 0 atom stereocenters. The van der Waals surface area contributed by atoms with E-state index in [9.17, 15) is 4.79 Å². The molecule has 54 valence electrons. The van der Waals surface area contributed by atoms with Crippen LogP contribution in [0.25, 0.3) is 0 Å². The summed E-state index contributed by atoms with van der Waals surface area (Å²) in [5.74, 6) is 3.50. The Morgan fingerprint density at radius 3 is 2.33 bits per heavy atom. The molecule has 1 heterocycles. The van der Waals surface area contributed by atoms with Gasteiger partial charge in [0.25, 0.3) is 5.56 Å². The second-order valence-corrected chi connectivity index (χ2v) is 0.887. The van der Waals surface area contributed by atoms with Crippen LogP contribution in [0.5, 0.6) is 0 Å². The molecular weight excluding hydrogens is 147 g/mol. The van der Waals surface area contributed by atoms with E-state index in [1.807, 2.05) is 0 Å². The summed E-state index contributed by atoms with van der Waals surface area (Å²) in [6.07, 6.45) is 1.29. The molecule has 0 bridgehead atoms. The quantitative estimate of drug-likeness (QED) is 0.449. The highest BCUT2D eigenvalue weighted by Crippen LogP contribution is 1.62. The molecule has 1 aromatic rings. The van der Waals surface area contributed by atoms with Gasteiger partial charge in [-0.15, -0.1) is 12.4 Å². The van der Waals surface area contributed by atoms with Gasteiger partial charge in [-0.05, 0) is 0 Å². The van der Waals surface area contributed by atoms with E-state index in [1.165, 1.54) is 12.3 Å². The van der Waals surface area contributed by atoms with Crippen LogP contribution in [0.1, 0.15) is 0 Å². The van der Waals surface area contributed by atoms with Crippen LogP contribution in [0.4, 0.5) is 0 Å².